The van der Waals surface area contributed by atoms with Gasteiger partial charge in [-0.05, 0) is 44.2 Å². The summed E-state index contributed by atoms with van der Waals surface area (Å²) in [7, 11) is 3.18. The first-order valence-corrected chi connectivity index (χ1v) is 12.7. The second kappa shape index (κ2) is 10.1. The van der Waals surface area contributed by atoms with Crippen LogP contribution in [0.2, 0.25) is 0 Å². The van der Waals surface area contributed by atoms with Gasteiger partial charge in [0.1, 0.15) is 5.82 Å². The van der Waals surface area contributed by atoms with Crippen LogP contribution in [-0.4, -0.2) is 47.3 Å². The smallest absolute Gasteiger partial charge is 0.230 e. The Kier molecular flexibility index (Phi) is 6.66. The van der Waals surface area contributed by atoms with Crippen LogP contribution in [0.25, 0.3) is 16.4 Å². The zero-order valence-corrected chi connectivity index (χ0v) is 21.8. The molecule has 1 atom stereocenters. The molecule has 1 N–H and O–H groups in total. The first kappa shape index (κ1) is 24.5. The Bertz CT molecular complexity index is 1460. The Labute approximate surface area is 218 Å². The standard InChI is InChI=1S/C27H27N5O4S/c1-16-5-8-20(9-6-16)31-14-19(13-25(31)33)26(34)29-24-11-17(2)30-32(24)27-28-21(15-37-27)18-7-10-22(35-3)23(12-18)36-4/h5-12,15,19H,13-14H2,1-4H3,(H,29,34). The molecule has 2 aromatic carbocycles. The summed E-state index contributed by atoms with van der Waals surface area (Å²) in [5.41, 5.74) is 4.28. The average Bonchev–Trinajstić information content (AvgIpc) is 3.62. The number of anilines is 2. The molecule has 0 radical (unpaired) electrons. The van der Waals surface area contributed by atoms with Gasteiger partial charge in [0.2, 0.25) is 16.9 Å². The van der Waals surface area contributed by atoms with Crippen LogP contribution in [0.1, 0.15) is 17.7 Å². The topological polar surface area (TPSA) is 98.6 Å². The van der Waals surface area contributed by atoms with E-state index in [-0.39, 0.29) is 18.2 Å². The lowest BCUT2D eigenvalue weighted by atomic mass is 10.1. The molecule has 3 heterocycles. The van der Waals surface area contributed by atoms with Crippen LogP contribution in [0.4, 0.5) is 11.5 Å². The third kappa shape index (κ3) is 4.92. The SMILES string of the molecule is COc1ccc(-c2csc(-n3nc(C)cc3NC(=O)C3CC(=O)N(c4ccc(C)cc4)C3)n2)cc1OC. The molecular formula is C27H27N5O4S. The minimum absolute atomic E-state index is 0.0619. The first-order valence-electron chi connectivity index (χ1n) is 11.8. The number of carbonyl (C=O) groups excluding carboxylic acids is 2. The molecule has 0 spiro atoms. The van der Waals surface area contributed by atoms with Gasteiger partial charge in [-0.25, -0.2) is 4.98 Å². The van der Waals surface area contributed by atoms with Crippen molar-refractivity contribution in [1.82, 2.24) is 14.8 Å². The number of hydrogen-bond donors (Lipinski definition) is 1. The molecular weight excluding hydrogens is 490 g/mol. The van der Waals surface area contributed by atoms with Gasteiger partial charge in [0.25, 0.3) is 0 Å². The molecule has 190 valence electrons. The summed E-state index contributed by atoms with van der Waals surface area (Å²) in [5, 5.41) is 10.0. The predicted octanol–water partition coefficient (Wildman–Crippen LogP) is 4.62. The normalized spacial score (nSPS) is 15.2. The Hall–Kier alpha value is -4.18. The Morgan fingerprint density at radius 2 is 1.81 bits per heavy atom. The molecule has 2 aromatic heterocycles. The van der Waals surface area contributed by atoms with Crippen LogP contribution in [0.15, 0.2) is 53.9 Å². The molecule has 0 aliphatic carbocycles. The highest BCUT2D eigenvalue weighted by atomic mass is 32.1. The van der Waals surface area contributed by atoms with Crippen LogP contribution in [-0.2, 0) is 9.59 Å². The predicted molar refractivity (Wildman–Crippen MR) is 143 cm³/mol. The first-order chi connectivity index (χ1) is 17.9. The highest BCUT2D eigenvalue weighted by Gasteiger charge is 2.35. The number of hydrogen-bond acceptors (Lipinski definition) is 7. The minimum atomic E-state index is -0.462. The molecule has 1 aliphatic rings. The molecule has 2 amide bonds. The van der Waals surface area contributed by atoms with E-state index in [1.165, 1.54) is 11.3 Å². The van der Waals surface area contributed by atoms with E-state index in [9.17, 15) is 9.59 Å². The fraction of sp³-hybridized carbons (Fsp3) is 0.259. The minimum Gasteiger partial charge on any atom is -0.493 e. The highest BCUT2D eigenvalue weighted by molar-refractivity contribution is 7.12. The van der Waals surface area contributed by atoms with Crippen LogP contribution in [0, 0.1) is 19.8 Å². The van der Waals surface area contributed by atoms with Crippen LogP contribution < -0.4 is 19.7 Å². The number of rotatable bonds is 7. The van der Waals surface area contributed by atoms with Gasteiger partial charge in [0.15, 0.2) is 11.5 Å². The molecule has 1 saturated heterocycles. The maximum Gasteiger partial charge on any atom is 0.230 e. The van der Waals surface area contributed by atoms with E-state index >= 15 is 0 Å². The van der Waals surface area contributed by atoms with Crippen molar-refractivity contribution in [3.63, 3.8) is 0 Å². The number of benzene rings is 2. The number of aryl methyl sites for hydroxylation is 2. The van der Waals surface area contributed by atoms with Crippen molar-refractivity contribution in [3.8, 4) is 27.9 Å². The Morgan fingerprint density at radius 3 is 2.54 bits per heavy atom. The highest BCUT2D eigenvalue weighted by Crippen LogP contribution is 2.34. The summed E-state index contributed by atoms with van der Waals surface area (Å²) in [5.74, 6) is 1.02. The fourth-order valence-corrected chi connectivity index (χ4v) is 5.11. The van der Waals surface area contributed by atoms with Crippen molar-refractivity contribution < 1.29 is 19.1 Å². The lowest BCUT2D eigenvalue weighted by molar-refractivity contribution is -0.122. The summed E-state index contributed by atoms with van der Waals surface area (Å²) < 4.78 is 12.4. The van der Waals surface area contributed by atoms with Crippen molar-refractivity contribution >= 4 is 34.7 Å². The van der Waals surface area contributed by atoms with E-state index < -0.39 is 5.92 Å². The number of amides is 2. The molecule has 37 heavy (non-hydrogen) atoms. The number of carbonyl (C=O) groups is 2. The number of thiazole rings is 1. The Morgan fingerprint density at radius 1 is 1.05 bits per heavy atom. The molecule has 1 unspecified atom stereocenters. The van der Waals surface area contributed by atoms with Gasteiger partial charge in [-0.2, -0.15) is 9.78 Å². The third-order valence-electron chi connectivity index (χ3n) is 6.28. The van der Waals surface area contributed by atoms with E-state index in [0.717, 1.165) is 28.2 Å². The number of methoxy groups -OCH3 is 2. The van der Waals surface area contributed by atoms with E-state index in [1.807, 2.05) is 61.7 Å². The van der Waals surface area contributed by atoms with Gasteiger partial charge in [0, 0.05) is 35.7 Å². The van der Waals surface area contributed by atoms with Gasteiger partial charge < -0.3 is 19.7 Å². The summed E-state index contributed by atoms with van der Waals surface area (Å²) >= 11 is 1.41. The fourth-order valence-electron chi connectivity index (χ4n) is 4.31. The lowest BCUT2D eigenvalue weighted by Gasteiger charge is -2.17. The van der Waals surface area contributed by atoms with Gasteiger partial charge in [-0.3, -0.25) is 9.59 Å². The van der Waals surface area contributed by atoms with Crippen molar-refractivity contribution in [3.05, 3.63) is 65.2 Å². The second-order valence-electron chi connectivity index (χ2n) is 8.90. The molecule has 5 rings (SSSR count). The Balaban J connectivity index is 1.34. The summed E-state index contributed by atoms with van der Waals surface area (Å²) in [6.45, 7) is 4.19. The number of nitrogens with one attached hydrogen (secondary N) is 1. The van der Waals surface area contributed by atoms with Crippen molar-refractivity contribution in [2.45, 2.75) is 20.3 Å². The van der Waals surface area contributed by atoms with Gasteiger partial charge in [-0.1, -0.05) is 17.7 Å². The largest absolute Gasteiger partial charge is 0.493 e. The summed E-state index contributed by atoms with van der Waals surface area (Å²) in [6, 6.07) is 15.1. The van der Waals surface area contributed by atoms with Crippen molar-refractivity contribution in [1.29, 1.82) is 0 Å². The zero-order valence-electron chi connectivity index (χ0n) is 21.0. The van der Waals surface area contributed by atoms with E-state index in [0.29, 0.717) is 29.0 Å². The maximum absolute atomic E-state index is 13.2. The molecule has 4 aromatic rings. The number of ether oxygens (including phenoxy) is 2. The number of nitrogens with zero attached hydrogens (tertiary/aromatic N) is 4. The molecule has 9 nitrogen and oxygen atoms in total. The molecule has 1 fully saturated rings. The molecule has 10 heteroatoms. The van der Waals surface area contributed by atoms with E-state index in [1.54, 1.807) is 29.9 Å². The monoisotopic (exact) mass is 517 g/mol. The van der Waals surface area contributed by atoms with Gasteiger partial charge in [-0.15, -0.1) is 11.3 Å². The van der Waals surface area contributed by atoms with Crippen molar-refractivity contribution in [2.75, 3.05) is 31.0 Å². The average molecular weight is 518 g/mol. The van der Waals surface area contributed by atoms with E-state index in [2.05, 4.69) is 10.4 Å². The number of aromatic nitrogens is 3. The second-order valence-corrected chi connectivity index (χ2v) is 9.73. The van der Waals surface area contributed by atoms with Crippen LogP contribution in [0.5, 0.6) is 11.5 Å². The van der Waals surface area contributed by atoms with Crippen molar-refractivity contribution in [2.24, 2.45) is 5.92 Å². The quantitative estimate of drug-likeness (QED) is 0.384. The maximum atomic E-state index is 13.2. The van der Waals surface area contributed by atoms with Crippen LogP contribution >= 0.6 is 11.3 Å². The summed E-state index contributed by atoms with van der Waals surface area (Å²) in [4.78, 5) is 32.2. The van der Waals surface area contributed by atoms with Gasteiger partial charge >= 0.3 is 0 Å². The van der Waals surface area contributed by atoms with Gasteiger partial charge in [0.05, 0.1) is 31.5 Å². The molecule has 1 aliphatic heterocycles. The van der Waals surface area contributed by atoms with E-state index in [4.69, 9.17) is 14.5 Å². The molecule has 0 bridgehead atoms. The summed E-state index contributed by atoms with van der Waals surface area (Å²) in [6.07, 6.45) is 0.160. The zero-order chi connectivity index (χ0) is 26.1. The van der Waals surface area contributed by atoms with Crippen LogP contribution in [0.3, 0.4) is 0 Å². The lowest BCUT2D eigenvalue weighted by Crippen LogP contribution is -2.28. The third-order valence-corrected chi connectivity index (χ3v) is 7.09. The molecule has 0 saturated carbocycles.